The minimum Gasteiger partial charge on any atom is -0.312 e. The van der Waals surface area contributed by atoms with Crippen LogP contribution >= 0.6 is 11.3 Å². The molecule has 2 aromatic heterocycles. The van der Waals surface area contributed by atoms with E-state index in [0.717, 1.165) is 17.0 Å². The molecule has 0 aliphatic carbocycles. The Labute approximate surface area is 193 Å². The van der Waals surface area contributed by atoms with Gasteiger partial charge in [0.05, 0.1) is 17.3 Å². The molecule has 3 heterocycles. The number of amides is 2. The van der Waals surface area contributed by atoms with Crippen LogP contribution in [0.3, 0.4) is 0 Å². The van der Waals surface area contributed by atoms with E-state index < -0.39 is 5.92 Å². The number of anilines is 2. The molecule has 0 saturated carbocycles. The van der Waals surface area contributed by atoms with E-state index >= 15 is 0 Å². The number of aryl methyl sites for hydroxylation is 1. The van der Waals surface area contributed by atoms with Crippen LogP contribution in [-0.2, 0) is 9.59 Å². The molecule has 0 radical (unpaired) electrons. The Balaban J connectivity index is 1.33. The van der Waals surface area contributed by atoms with Crippen molar-refractivity contribution in [3.63, 3.8) is 0 Å². The second kappa shape index (κ2) is 8.59. The second-order valence-corrected chi connectivity index (χ2v) is 8.67. The Morgan fingerprint density at radius 2 is 1.91 bits per heavy atom. The van der Waals surface area contributed by atoms with Gasteiger partial charge in [0.15, 0.2) is 0 Å². The van der Waals surface area contributed by atoms with Crippen molar-refractivity contribution in [2.24, 2.45) is 5.92 Å². The molecule has 7 nitrogen and oxygen atoms in total. The first-order valence-corrected chi connectivity index (χ1v) is 11.3. The molecule has 9 heteroatoms. The number of benzene rings is 2. The molecule has 0 spiro atoms. The third-order valence-corrected chi connectivity index (χ3v) is 6.28. The molecule has 1 atom stereocenters. The maximum Gasteiger partial charge on any atom is 0.230 e. The van der Waals surface area contributed by atoms with Crippen LogP contribution < -0.4 is 10.2 Å². The zero-order valence-electron chi connectivity index (χ0n) is 17.7. The van der Waals surface area contributed by atoms with Crippen LogP contribution in [-0.4, -0.2) is 33.1 Å². The predicted molar refractivity (Wildman–Crippen MR) is 125 cm³/mol. The summed E-state index contributed by atoms with van der Waals surface area (Å²) in [5, 5.41) is 9.98. The number of rotatable bonds is 5. The molecule has 1 aliphatic rings. The number of carbonyl (C=O) groups excluding carboxylic acids is 2. The van der Waals surface area contributed by atoms with Crippen molar-refractivity contribution in [1.82, 2.24) is 14.8 Å². The zero-order chi connectivity index (χ0) is 22.9. The molecule has 2 amide bonds. The molecule has 2 aromatic carbocycles. The van der Waals surface area contributed by atoms with Gasteiger partial charge in [0, 0.05) is 35.7 Å². The summed E-state index contributed by atoms with van der Waals surface area (Å²) in [6.45, 7) is 2.08. The topological polar surface area (TPSA) is 80.1 Å². The van der Waals surface area contributed by atoms with Gasteiger partial charge in [-0.05, 0) is 31.2 Å². The first-order valence-electron chi connectivity index (χ1n) is 10.4. The van der Waals surface area contributed by atoms with Crippen molar-refractivity contribution in [3.8, 4) is 16.4 Å². The zero-order valence-corrected chi connectivity index (χ0v) is 18.6. The Kier molecular flexibility index (Phi) is 5.47. The van der Waals surface area contributed by atoms with Gasteiger partial charge in [-0.25, -0.2) is 9.37 Å². The van der Waals surface area contributed by atoms with E-state index in [1.807, 2.05) is 42.6 Å². The fourth-order valence-electron chi connectivity index (χ4n) is 3.82. The normalized spacial score (nSPS) is 15.8. The van der Waals surface area contributed by atoms with Crippen molar-refractivity contribution >= 4 is 34.7 Å². The van der Waals surface area contributed by atoms with Crippen LogP contribution in [0.5, 0.6) is 0 Å². The van der Waals surface area contributed by atoms with Gasteiger partial charge in [-0.1, -0.05) is 30.3 Å². The lowest BCUT2D eigenvalue weighted by Gasteiger charge is -2.16. The van der Waals surface area contributed by atoms with Crippen LogP contribution in [0, 0.1) is 18.7 Å². The number of hydrogen-bond donors (Lipinski definition) is 1. The summed E-state index contributed by atoms with van der Waals surface area (Å²) >= 11 is 1.43. The average molecular weight is 462 g/mol. The van der Waals surface area contributed by atoms with E-state index in [-0.39, 0.29) is 30.6 Å². The smallest absolute Gasteiger partial charge is 0.230 e. The highest BCUT2D eigenvalue weighted by Crippen LogP contribution is 2.29. The van der Waals surface area contributed by atoms with Gasteiger partial charge in [0.25, 0.3) is 0 Å². The summed E-state index contributed by atoms with van der Waals surface area (Å²) in [7, 11) is 0. The first-order chi connectivity index (χ1) is 16.0. The van der Waals surface area contributed by atoms with Gasteiger partial charge >= 0.3 is 0 Å². The van der Waals surface area contributed by atoms with Crippen molar-refractivity contribution in [1.29, 1.82) is 0 Å². The van der Waals surface area contributed by atoms with E-state index in [1.54, 1.807) is 22.9 Å². The fourth-order valence-corrected chi connectivity index (χ4v) is 4.62. The molecule has 1 unspecified atom stereocenters. The molecule has 1 N–H and O–H groups in total. The van der Waals surface area contributed by atoms with Gasteiger partial charge in [-0.3, -0.25) is 9.59 Å². The average Bonchev–Trinajstić information content (AvgIpc) is 3.53. The molecule has 1 saturated heterocycles. The summed E-state index contributed by atoms with van der Waals surface area (Å²) in [6.07, 6.45) is 0.0890. The maximum absolute atomic E-state index is 13.2. The molecular weight excluding hydrogens is 441 g/mol. The lowest BCUT2D eigenvalue weighted by Crippen LogP contribution is -2.28. The standard InChI is InChI=1S/C24H20FN5O2S/c1-15-11-21(30(28-15)24-26-20(14-33-24)16-5-3-2-4-6-16)27-23(32)17-12-22(31)29(13-17)19-9-7-18(25)8-10-19/h2-11,14,17H,12-13H2,1H3,(H,27,32). The number of nitrogens with one attached hydrogen (secondary N) is 1. The molecule has 0 bridgehead atoms. The van der Waals surface area contributed by atoms with E-state index in [1.165, 1.54) is 28.4 Å². The second-order valence-electron chi connectivity index (χ2n) is 7.84. The number of carbonyl (C=O) groups is 2. The number of nitrogens with zero attached hydrogens (tertiary/aromatic N) is 4. The molecule has 1 aliphatic heterocycles. The quantitative estimate of drug-likeness (QED) is 0.477. The van der Waals surface area contributed by atoms with Crippen LogP contribution in [0.25, 0.3) is 16.4 Å². The summed E-state index contributed by atoms with van der Waals surface area (Å²) in [4.78, 5) is 31.7. The van der Waals surface area contributed by atoms with Crippen molar-refractivity contribution in [2.75, 3.05) is 16.8 Å². The molecule has 4 aromatic rings. The Bertz CT molecular complexity index is 1320. The van der Waals surface area contributed by atoms with Crippen LogP contribution in [0.4, 0.5) is 15.9 Å². The summed E-state index contributed by atoms with van der Waals surface area (Å²) in [5.74, 6) is -0.838. The highest BCUT2D eigenvalue weighted by atomic mass is 32.1. The first kappa shape index (κ1) is 21.0. The van der Waals surface area contributed by atoms with E-state index in [2.05, 4.69) is 15.4 Å². The minimum absolute atomic E-state index is 0.0890. The van der Waals surface area contributed by atoms with E-state index in [4.69, 9.17) is 0 Å². The van der Waals surface area contributed by atoms with Gasteiger partial charge in [-0.15, -0.1) is 11.3 Å². The maximum atomic E-state index is 13.2. The van der Waals surface area contributed by atoms with Crippen LogP contribution in [0.1, 0.15) is 12.1 Å². The van der Waals surface area contributed by atoms with E-state index in [9.17, 15) is 14.0 Å². The highest BCUT2D eigenvalue weighted by Gasteiger charge is 2.35. The third-order valence-electron chi connectivity index (χ3n) is 5.46. The minimum atomic E-state index is -0.526. The molecule has 33 heavy (non-hydrogen) atoms. The van der Waals surface area contributed by atoms with Gasteiger partial charge in [-0.2, -0.15) is 9.78 Å². The van der Waals surface area contributed by atoms with Crippen molar-refractivity contribution < 1.29 is 14.0 Å². The fraction of sp³-hybridized carbons (Fsp3) is 0.167. The Hall–Kier alpha value is -3.85. The number of halogens is 1. The Morgan fingerprint density at radius 3 is 2.67 bits per heavy atom. The Morgan fingerprint density at radius 1 is 1.15 bits per heavy atom. The highest BCUT2D eigenvalue weighted by molar-refractivity contribution is 7.12. The largest absolute Gasteiger partial charge is 0.312 e. The lowest BCUT2D eigenvalue weighted by molar-refractivity contribution is -0.122. The number of aromatic nitrogens is 3. The summed E-state index contributed by atoms with van der Waals surface area (Å²) < 4.78 is 14.8. The summed E-state index contributed by atoms with van der Waals surface area (Å²) in [6, 6.07) is 17.3. The molecular formula is C24H20FN5O2S. The van der Waals surface area contributed by atoms with Crippen molar-refractivity contribution in [3.05, 3.63) is 77.6 Å². The molecule has 166 valence electrons. The molecule has 1 fully saturated rings. The van der Waals surface area contributed by atoms with E-state index in [0.29, 0.717) is 16.6 Å². The lowest BCUT2D eigenvalue weighted by atomic mass is 10.1. The van der Waals surface area contributed by atoms with Gasteiger partial charge < -0.3 is 10.2 Å². The molecule has 5 rings (SSSR count). The van der Waals surface area contributed by atoms with Crippen molar-refractivity contribution in [2.45, 2.75) is 13.3 Å². The van der Waals surface area contributed by atoms with Gasteiger partial charge in [0.2, 0.25) is 16.9 Å². The monoisotopic (exact) mass is 461 g/mol. The van der Waals surface area contributed by atoms with Gasteiger partial charge in [0.1, 0.15) is 11.6 Å². The number of hydrogen-bond acceptors (Lipinski definition) is 5. The van der Waals surface area contributed by atoms with Crippen LogP contribution in [0.2, 0.25) is 0 Å². The third kappa shape index (κ3) is 4.27. The number of thiazole rings is 1. The predicted octanol–water partition coefficient (Wildman–Crippen LogP) is 4.43. The SMILES string of the molecule is Cc1cc(NC(=O)C2CC(=O)N(c3ccc(F)cc3)C2)n(-c2nc(-c3ccccc3)cs2)n1. The summed E-state index contributed by atoms with van der Waals surface area (Å²) in [5.41, 5.74) is 3.14. The van der Waals surface area contributed by atoms with Crippen LogP contribution in [0.15, 0.2) is 66.0 Å².